The summed E-state index contributed by atoms with van der Waals surface area (Å²) in [6.07, 6.45) is 3.74. The van der Waals surface area contributed by atoms with Crippen LogP contribution in [0.15, 0.2) is 36.4 Å². The van der Waals surface area contributed by atoms with Gasteiger partial charge in [0.25, 0.3) is 0 Å². The average Bonchev–Trinajstić information content (AvgIpc) is 3.04. The second-order valence-electron chi connectivity index (χ2n) is 6.31. The normalized spacial score (nSPS) is 17.8. The van der Waals surface area contributed by atoms with Crippen LogP contribution in [0.3, 0.4) is 0 Å². The Balaban J connectivity index is 1.47. The molecule has 1 fully saturated rings. The first-order chi connectivity index (χ1) is 11.8. The molecular formula is C19H26N4O. The van der Waals surface area contributed by atoms with Gasteiger partial charge in [0.05, 0.1) is 12.3 Å². The molecule has 5 heteroatoms. The summed E-state index contributed by atoms with van der Waals surface area (Å²) < 4.78 is 5.86. The van der Waals surface area contributed by atoms with E-state index in [-0.39, 0.29) is 0 Å². The summed E-state index contributed by atoms with van der Waals surface area (Å²) in [6.45, 7) is 5.45. The van der Waals surface area contributed by atoms with Gasteiger partial charge in [0.2, 0.25) is 0 Å². The Labute approximate surface area is 144 Å². The van der Waals surface area contributed by atoms with Crippen molar-refractivity contribution >= 4 is 5.82 Å². The van der Waals surface area contributed by atoms with Gasteiger partial charge in [-0.2, -0.15) is 0 Å². The van der Waals surface area contributed by atoms with Crippen molar-refractivity contribution in [1.82, 2.24) is 15.1 Å². The van der Waals surface area contributed by atoms with Crippen molar-refractivity contribution in [2.75, 3.05) is 32.1 Å². The third kappa shape index (κ3) is 4.23. The number of nitrogens with zero attached hydrogens (tertiary/aromatic N) is 3. The lowest BCUT2D eigenvalue weighted by atomic mass is 10.1. The van der Waals surface area contributed by atoms with Gasteiger partial charge in [0.1, 0.15) is 11.6 Å². The minimum absolute atomic E-state index is 0.736. The second kappa shape index (κ2) is 8.11. The highest BCUT2D eigenvalue weighted by atomic mass is 16.5. The van der Waals surface area contributed by atoms with Crippen LogP contribution in [0.2, 0.25) is 0 Å². The smallest absolute Gasteiger partial charge is 0.148 e. The lowest BCUT2D eigenvalue weighted by molar-refractivity contribution is 0.230. The van der Waals surface area contributed by atoms with Crippen molar-refractivity contribution in [3.63, 3.8) is 0 Å². The van der Waals surface area contributed by atoms with E-state index in [4.69, 9.17) is 4.74 Å². The van der Waals surface area contributed by atoms with Crippen molar-refractivity contribution in [1.29, 1.82) is 0 Å². The van der Waals surface area contributed by atoms with Gasteiger partial charge >= 0.3 is 0 Å². The van der Waals surface area contributed by atoms with Crippen molar-refractivity contribution in [3.8, 4) is 17.0 Å². The molecule has 0 amide bonds. The van der Waals surface area contributed by atoms with E-state index in [0.717, 1.165) is 48.4 Å². The molecule has 1 aromatic carbocycles. The first-order valence-electron chi connectivity index (χ1n) is 8.75. The summed E-state index contributed by atoms with van der Waals surface area (Å²) in [7, 11) is 1.83. The Morgan fingerprint density at radius 1 is 1.17 bits per heavy atom. The maximum atomic E-state index is 5.86. The van der Waals surface area contributed by atoms with Crippen LogP contribution < -0.4 is 10.1 Å². The molecule has 1 saturated heterocycles. The second-order valence-corrected chi connectivity index (χ2v) is 6.31. The number of benzene rings is 1. The third-order valence-electron chi connectivity index (χ3n) is 4.62. The van der Waals surface area contributed by atoms with Crippen LogP contribution in [0.1, 0.15) is 26.2 Å². The van der Waals surface area contributed by atoms with Crippen molar-refractivity contribution < 1.29 is 4.74 Å². The van der Waals surface area contributed by atoms with Gasteiger partial charge < -0.3 is 15.0 Å². The zero-order valence-electron chi connectivity index (χ0n) is 14.5. The molecule has 0 aliphatic carbocycles. The molecule has 1 N–H and O–H groups in total. The number of hydrogen-bond donors (Lipinski definition) is 1. The van der Waals surface area contributed by atoms with E-state index < -0.39 is 0 Å². The number of anilines is 1. The van der Waals surface area contributed by atoms with E-state index in [1.54, 1.807) is 0 Å². The van der Waals surface area contributed by atoms with Crippen LogP contribution in [0, 0.1) is 0 Å². The van der Waals surface area contributed by atoms with Crippen molar-refractivity contribution in [3.05, 3.63) is 36.4 Å². The van der Waals surface area contributed by atoms with Crippen molar-refractivity contribution in [2.45, 2.75) is 32.2 Å². The fourth-order valence-electron chi connectivity index (χ4n) is 3.12. The van der Waals surface area contributed by atoms with E-state index in [1.165, 1.54) is 19.4 Å². The standard InChI is InChI=1S/C19H26N4O/c1-15-5-3-12-23(15)13-4-14-24-17-8-6-16(7-9-17)18-10-11-19(20-2)22-21-18/h6-11,15H,3-5,12-14H2,1-2H3,(H,20,22)/t15-/m1/s1. The van der Waals surface area contributed by atoms with Crippen LogP contribution in [-0.4, -0.2) is 47.9 Å². The fraction of sp³-hybridized carbons (Fsp3) is 0.474. The fourth-order valence-corrected chi connectivity index (χ4v) is 3.12. The highest BCUT2D eigenvalue weighted by Crippen LogP contribution is 2.21. The Kier molecular flexibility index (Phi) is 5.64. The SMILES string of the molecule is CNc1ccc(-c2ccc(OCCCN3CCC[C@H]3C)cc2)nn1. The molecule has 0 radical (unpaired) electrons. The molecule has 3 rings (SSSR count). The monoisotopic (exact) mass is 326 g/mol. The van der Waals surface area contributed by atoms with Crippen LogP contribution in [0.4, 0.5) is 5.82 Å². The molecule has 0 spiro atoms. The van der Waals surface area contributed by atoms with Crippen LogP contribution in [-0.2, 0) is 0 Å². The highest BCUT2D eigenvalue weighted by molar-refractivity contribution is 5.60. The van der Waals surface area contributed by atoms with E-state index in [2.05, 4.69) is 27.3 Å². The molecule has 0 bridgehead atoms. The summed E-state index contributed by atoms with van der Waals surface area (Å²) in [5, 5.41) is 11.3. The summed E-state index contributed by atoms with van der Waals surface area (Å²) >= 11 is 0. The highest BCUT2D eigenvalue weighted by Gasteiger charge is 2.18. The van der Waals surface area contributed by atoms with Crippen LogP contribution in [0.5, 0.6) is 5.75 Å². The molecule has 0 unspecified atom stereocenters. The third-order valence-corrected chi connectivity index (χ3v) is 4.62. The quantitative estimate of drug-likeness (QED) is 0.790. The first kappa shape index (κ1) is 16.7. The molecule has 1 aliphatic heterocycles. The average molecular weight is 326 g/mol. The molecule has 1 atom stereocenters. The Morgan fingerprint density at radius 2 is 2.00 bits per heavy atom. The molecule has 128 valence electrons. The van der Waals surface area contributed by atoms with Gasteiger partial charge in [-0.05, 0) is 69.1 Å². The van der Waals surface area contributed by atoms with Gasteiger partial charge in [-0.15, -0.1) is 10.2 Å². The van der Waals surface area contributed by atoms with E-state index in [1.807, 2.05) is 43.4 Å². The van der Waals surface area contributed by atoms with E-state index in [0.29, 0.717) is 0 Å². The number of nitrogens with one attached hydrogen (secondary N) is 1. The lowest BCUT2D eigenvalue weighted by Crippen LogP contribution is -2.28. The molecular weight excluding hydrogens is 300 g/mol. The van der Waals surface area contributed by atoms with Crippen LogP contribution in [0.25, 0.3) is 11.3 Å². The summed E-state index contributed by atoms with van der Waals surface area (Å²) in [6, 6.07) is 12.7. The zero-order chi connectivity index (χ0) is 16.8. The molecule has 0 saturated carbocycles. The minimum atomic E-state index is 0.736. The minimum Gasteiger partial charge on any atom is -0.494 e. The lowest BCUT2D eigenvalue weighted by Gasteiger charge is -2.20. The van der Waals surface area contributed by atoms with Gasteiger partial charge in [0.15, 0.2) is 0 Å². The van der Waals surface area contributed by atoms with Gasteiger partial charge in [-0.1, -0.05) is 0 Å². The number of rotatable bonds is 7. The predicted octanol–water partition coefficient (Wildman–Crippen LogP) is 3.44. The number of likely N-dealkylation sites (tertiary alicyclic amines) is 1. The number of hydrogen-bond acceptors (Lipinski definition) is 5. The molecule has 24 heavy (non-hydrogen) atoms. The van der Waals surface area contributed by atoms with Crippen molar-refractivity contribution in [2.24, 2.45) is 0 Å². The Morgan fingerprint density at radius 3 is 2.62 bits per heavy atom. The van der Waals surface area contributed by atoms with Crippen LogP contribution >= 0.6 is 0 Å². The van der Waals surface area contributed by atoms with Gasteiger partial charge in [0, 0.05) is 25.2 Å². The Hall–Kier alpha value is -2.14. The molecule has 1 aromatic heterocycles. The van der Waals surface area contributed by atoms with Gasteiger partial charge in [-0.3, -0.25) is 0 Å². The number of aromatic nitrogens is 2. The summed E-state index contributed by atoms with van der Waals surface area (Å²) in [4.78, 5) is 2.56. The maximum absolute atomic E-state index is 5.86. The number of ether oxygens (including phenoxy) is 1. The predicted molar refractivity (Wildman–Crippen MR) is 97.4 cm³/mol. The largest absolute Gasteiger partial charge is 0.494 e. The topological polar surface area (TPSA) is 50.3 Å². The molecule has 1 aliphatic rings. The van der Waals surface area contributed by atoms with E-state index >= 15 is 0 Å². The molecule has 2 heterocycles. The first-order valence-corrected chi connectivity index (χ1v) is 8.75. The molecule has 5 nitrogen and oxygen atoms in total. The maximum Gasteiger partial charge on any atom is 0.148 e. The van der Waals surface area contributed by atoms with Gasteiger partial charge in [-0.25, -0.2) is 0 Å². The summed E-state index contributed by atoms with van der Waals surface area (Å²) in [5.41, 5.74) is 1.91. The molecule has 2 aromatic rings. The van der Waals surface area contributed by atoms with E-state index in [9.17, 15) is 0 Å². The summed E-state index contributed by atoms with van der Waals surface area (Å²) in [5.74, 6) is 1.68. The zero-order valence-corrected chi connectivity index (χ0v) is 14.5. The Bertz CT molecular complexity index is 627.